The van der Waals surface area contributed by atoms with Crippen LogP contribution in [0.4, 0.5) is 4.79 Å². The van der Waals surface area contributed by atoms with Gasteiger partial charge < -0.3 is 25.0 Å². The van der Waals surface area contributed by atoms with Crippen molar-refractivity contribution in [2.75, 3.05) is 53.5 Å². The topological polar surface area (TPSA) is 83.1 Å². The van der Waals surface area contributed by atoms with Crippen molar-refractivity contribution in [1.29, 1.82) is 0 Å². The van der Waals surface area contributed by atoms with E-state index < -0.39 is 12.0 Å². The zero-order valence-corrected chi connectivity index (χ0v) is 16.7. The molecule has 8 nitrogen and oxygen atoms in total. The number of carbonyl (C=O) groups excluding carboxylic acids is 2. The van der Waals surface area contributed by atoms with Crippen molar-refractivity contribution in [1.82, 2.24) is 20.4 Å². The second-order valence-corrected chi connectivity index (χ2v) is 7.00. The first-order valence-electron chi connectivity index (χ1n) is 9.54. The average molecular weight is 388 g/mol. The molecule has 2 N–H and O–H groups in total. The first kappa shape index (κ1) is 20.2. The molecule has 152 valence electrons. The van der Waals surface area contributed by atoms with E-state index in [2.05, 4.69) is 27.5 Å². The third kappa shape index (κ3) is 4.63. The Hall–Kier alpha value is -2.58. The molecule has 3 rings (SSSR count). The van der Waals surface area contributed by atoms with Gasteiger partial charge in [-0.25, -0.2) is 9.59 Å². The Morgan fingerprint density at radius 3 is 2.46 bits per heavy atom. The number of amides is 2. The van der Waals surface area contributed by atoms with E-state index in [1.165, 1.54) is 0 Å². The Labute approximate surface area is 165 Å². The highest BCUT2D eigenvalue weighted by Gasteiger charge is 2.34. The zero-order valence-electron chi connectivity index (χ0n) is 16.7. The Morgan fingerprint density at radius 1 is 1.18 bits per heavy atom. The second kappa shape index (κ2) is 9.07. The van der Waals surface area contributed by atoms with Crippen LogP contribution >= 0.6 is 0 Å². The normalized spacial score (nSPS) is 21.1. The van der Waals surface area contributed by atoms with Gasteiger partial charge in [0, 0.05) is 38.4 Å². The van der Waals surface area contributed by atoms with Crippen LogP contribution in [0.15, 0.2) is 35.5 Å². The molecule has 28 heavy (non-hydrogen) atoms. The number of esters is 1. The fraction of sp³-hybridized carbons (Fsp3) is 0.500. The number of methoxy groups -OCH3 is 1. The molecule has 1 saturated heterocycles. The average Bonchev–Trinajstić information content (AvgIpc) is 2.69. The van der Waals surface area contributed by atoms with Crippen LogP contribution in [0, 0.1) is 0 Å². The third-order valence-corrected chi connectivity index (χ3v) is 5.08. The van der Waals surface area contributed by atoms with Gasteiger partial charge >= 0.3 is 12.0 Å². The molecule has 0 radical (unpaired) electrons. The number of rotatable bonds is 6. The predicted octanol–water partition coefficient (Wildman–Crippen LogP) is 1.11. The fourth-order valence-electron chi connectivity index (χ4n) is 3.47. The van der Waals surface area contributed by atoms with E-state index in [1.54, 1.807) is 14.0 Å². The molecule has 0 aromatic heterocycles. The van der Waals surface area contributed by atoms with E-state index in [-0.39, 0.29) is 12.6 Å². The van der Waals surface area contributed by atoms with Gasteiger partial charge in [0.2, 0.25) is 0 Å². The molecule has 1 aromatic rings. The lowest BCUT2D eigenvalue weighted by molar-refractivity contribution is -0.139. The van der Waals surface area contributed by atoms with Crippen LogP contribution in [0.2, 0.25) is 0 Å². The van der Waals surface area contributed by atoms with E-state index in [0.717, 1.165) is 31.7 Å². The molecule has 2 amide bonds. The number of nitrogens with zero attached hydrogens (tertiary/aromatic N) is 2. The maximum absolute atomic E-state index is 12.8. The van der Waals surface area contributed by atoms with Crippen LogP contribution in [0.3, 0.4) is 0 Å². The molecule has 2 heterocycles. The summed E-state index contributed by atoms with van der Waals surface area (Å²) < 4.78 is 10.5. The molecule has 8 heteroatoms. The first-order chi connectivity index (χ1) is 13.5. The lowest BCUT2D eigenvalue weighted by Gasteiger charge is -2.35. The van der Waals surface area contributed by atoms with Gasteiger partial charge in [-0.05, 0) is 31.7 Å². The summed E-state index contributed by atoms with van der Waals surface area (Å²) in [6.45, 7) is 6.22. The molecule has 1 aromatic carbocycles. The van der Waals surface area contributed by atoms with Crippen molar-refractivity contribution in [2.45, 2.75) is 13.0 Å². The molecular formula is C20H28N4O4. The number of hydrogen-bond acceptors (Lipinski definition) is 6. The minimum Gasteiger partial charge on any atom is -0.497 e. The first-order valence-corrected chi connectivity index (χ1v) is 9.54. The summed E-state index contributed by atoms with van der Waals surface area (Å²) in [7, 11) is 3.69. The van der Waals surface area contributed by atoms with Gasteiger partial charge in [-0.3, -0.25) is 4.90 Å². The monoisotopic (exact) mass is 388 g/mol. The van der Waals surface area contributed by atoms with Crippen molar-refractivity contribution in [3.05, 3.63) is 41.1 Å². The van der Waals surface area contributed by atoms with Crippen molar-refractivity contribution in [2.24, 2.45) is 0 Å². The summed E-state index contributed by atoms with van der Waals surface area (Å²) in [5.74, 6) is 0.295. The van der Waals surface area contributed by atoms with Crippen LogP contribution in [0.25, 0.3) is 0 Å². The smallest absolute Gasteiger partial charge is 0.338 e. The Bertz CT molecular complexity index is 739. The van der Waals surface area contributed by atoms with Crippen molar-refractivity contribution in [3.63, 3.8) is 0 Å². The largest absolute Gasteiger partial charge is 0.497 e. The number of likely N-dealkylation sites (N-methyl/N-ethyl adjacent to an activating group) is 1. The molecule has 0 bridgehead atoms. The predicted molar refractivity (Wildman–Crippen MR) is 105 cm³/mol. The molecule has 1 unspecified atom stereocenters. The summed E-state index contributed by atoms with van der Waals surface area (Å²) in [5, 5.41) is 5.69. The number of piperazine rings is 1. The summed E-state index contributed by atoms with van der Waals surface area (Å²) in [4.78, 5) is 29.6. The number of urea groups is 1. The molecule has 1 atom stereocenters. The second-order valence-electron chi connectivity index (χ2n) is 7.00. The highest BCUT2D eigenvalue weighted by atomic mass is 16.5. The summed E-state index contributed by atoms with van der Waals surface area (Å²) >= 11 is 0. The minimum atomic E-state index is -0.568. The SMILES string of the molecule is CCOC(=O)C1=C(CN2CCN(C)CC2)NC(=O)NC1c1ccc(OC)cc1. The maximum atomic E-state index is 12.8. The van der Waals surface area contributed by atoms with Crippen molar-refractivity contribution < 1.29 is 19.1 Å². The van der Waals surface area contributed by atoms with Crippen LogP contribution in [0.5, 0.6) is 5.75 Å². The van der Waals surface area contributed by atoms with Crippen molar-refractivity contribution >= 4 is 12.0 Å². The molecule has 2 aliphatic heterocycles. The van der Waals surface area contributed by atoms with E-state index >= 15 is 0 Å². The molecule has 2 aliphatic rings. The lowest BCUT2D eigenvalue weighted by atomic mass is 9.94. The van der Waals surface area contributed by atoms with E-state index in [4.69, 9.17) is 9.47 Å². The minimum absolute atomic E-state index is 0.271. The summed E-state index contributed by atoms with van der Waals surface area (Å²) in [6.07, 6.45) is 0. The van der Waals surface area contributed by atoms with Gasteiger partial charge in [-0.2, -0.15) is 0 Å². The number of hydrogen-bond donors (Lipinski definition) is 2. The number of ether oxygens (including phenoxy) is 2. The summed E-state index contributed by atoms with van der Waals surface area (Å²) in [6, 6.07) is 6.43. The Kier molecular flexibility index (Phi) is 6.53. The quantitative estimate of drug-likeness (QED) is 0.711. The highest BCUT2D eigenvalue weighted by Crippen LogP contribution is 2.29. The molecule has 1 fully saturated rings. The van der Waals surface area contributed by atoms with Gasteiger partial charge in [-0.1, -0.05) is 12.1 Å². The Balaban J connectivity index is 1.93. The van der Waals surface area contributed by atoms with Gasteiger partial charge in [0.05, 0.1) is 25.3 Å². The highest BCUT2D eigenvalue weighted by molar-refractivity contribution is 5.95. The zero-order chi connectivity index (χ0) is 20.1. The third-order valence-electron chi connectivity index (χ3n) is 5.08. The molecule has 0 saturated carbocycles. The van der Waals surface area contributed by atoms with Gasteiger partial charge in [0.25, 0.3) is 0 Å². The molecule has 0 spiro atoms. The number of nitrogens with one attached hydrogen (secondary N) is 2. The van der Waals surface area contributed by atoms with Crippen molar-refractivity contribution in [3.8, 4) is 5.75 Å². The van der Waals surface area contributed by atoms with Crippen LogP contribution < -0.4 is 15.4 Å². The Morgan fingerprint density at radius 2 is 1.86 bits per heavy atom. The van der Waals surface area contributed by atoms with Gasteiger partial charge in [0.1, 0.15) is 5.75 Å². The standard InChI is InChI=1S/C20H28N4O4/c1-4-28-19(25)17-16(13-24-11-9-23(2)10-12-24)21-20(26)22-18(17)14-5-7-15(27-3)8-6-14/h5-8,18H,4,9-13H2,1-3H3,(H2,21,22,26). The van der Waals surface area contributed by atoms with E-state index in [0.29, 0.717) is 23.6 Å². The van der Waals surface area contributed by atoms with Gasteiger partial charge in [-0.15, -0.1) is 0 Å². The summed E-state index contributed by atoms with van der Waals surface area (Å²) in [5.41, 5.74) is 1.85. The van der Waals surface area contributed by atoms with E-state index in [9.17, 15) is 9.59 Å². The van der Waals surface area contributed by atoms with Crippen LogP contribution in [-0.4, -0.2) is 75.3 Å². The van der Waals surface area contributed by atoms with Crippen LogP contribution in [0.1, 0.15) is 18.5 Å². The molecular weight excluding hydrogens is 360 g/mol. The number of carbonyl (C=O) groups is 2. The van der Waals surface area contributed by atoms with Gasteiger partial charge in [0.15, 0.2) is 0 Å². The fourth-order valence-corrected chi connectivity index (χ4v) is 3.47. The van der Waals surface area contributed by atoms with E-state index in [1.807, 2.05) is 24.3 Å². The number of benzene rings is 1. The van der Waals surface area contributed by atoms with Crippen LogP contribution in [-0.2, 0) is 9.53 Å². The molecule has 0 aliphatic carbocycles. The lowest BCUT2D eigenvalue weighted by Crippen LogP contribution is -2.51. The maximum Gasteiger partial charge on any atom is 0.338 e.